The van der Waals surface area contributed by atoms with Crippen LogP contribution in [0, 0.1) is 17.2 Å². The number of nitriles is 1. The molecule has 0 unspecified atom stereocenters. The molecule has 9 nitrogen and oxygen atoms in total. The fourth-order valence-corrected chi connectivity index (χ4v) is 5.71. The minimum absolute atomic E-state index is 0.274. The topological polar surface area (TPSA) is 130 Å². The average molecular weight is 536 g/mol. The molecule has 2 N–H and O–H groups in total. The first kappa shape index (κ1) is 25.3. The quantitative estimate of drug-likeness (QED) is 0.370. The summed E-state index contributed by atoms with van der Waals surface area (Å²) in [5.74, 6) is 0.877. The number of carbonyl (C=O) groups excluding carboxylic acids is 1. The van der Waals surface area contributed by atoms with E-state index in [1.165, 1.54) is 6.20 Å². The number of aliphatic hydroxyl groups is 1. The maximum absolute atomic E-state index is 12.8. The molecule has 1 aliphatic carbocycles. The van der Waals surface area contributed by atoms with Crippen molar-refractivity contribution in [1.82, 2.24) is 29.8 Å². The van der Waals surface area contributed by atoms with Crippen molar-refractivity contribution in [3.05, 3.63) is 57.5 Å². The summed E-state index contributed by atoms with van der Waals surface area (Å²) >= 11 is 7.06. The van der Waals surface area contributed by atoms with Crippen LogP contribution >= 0.6 is 22.9 Å². The van der Waals surface area contributed by atoms with E-state index in [4.69, 9.17) is 16.6 Å². The number of aromatic nitrogens is 5. The molecule has 0 saturated heterocycles. The lowest BCUT2D eigenvalue weighted by Gasteiger charge is -2.37. The number of fused-ring (bicyclic) bond motifs is 1. The van der Waals surface area contributed by atoms with E-state index in [0.29, 0.717) is 33.8 Å². The van der Waals surface area contributed by atoms with Gasteiger partial charge in [0.1, 0.15) is 27.4 Å². The van der Waals surface area contributed by atoms with Gasteiger partial charge in [-0.3, -0.25) is 9.78 Å². The minimum atomic E-state index is -0.826. The molecule has 0 aliphatic heterocycles. The number of aliphatic hydroxyl groups excluding tert-OH is 1. The Balaban J connectivity index is 1.52. The number of rotatable bonds is 6. The molecule has 4 aromatic rings. The first-order chi connectivity index (χ1) is 17.8. The smallest absolute Gasteiger partial charge is 0.280 e. The SMILES string of the molecule is CC(C)Cc1nc2cnc(-c3cccc(C#N)n3)cc2n1[C@@H]1CCC[C@H](NC(=O)c2ncc(Cl)s2)[C@H]1O. The Bertz CT molecular complexity index is 1490. The molecular weight excluding hydrogens is 510 g/mol. The Labute approximate surface area is 223 Å². The summed E-state index contributed by atoms with van der Waals surface area (Å²) in [4.78, 5) is 30.6. The van der Waals surface area contributed by atoms with Crippen LogP contribution in [0.1, 0.15) is 60.5 Å². The van der Waals surface area contributed by atoms with Gasteiger partial charge in [-0.05, 0) is 43.4 Å². The predicted molar refractivity (Wildman–Crippen MR) is 141 cm³/mol. The second kappa shape index (κ2) is 10.5. The van der Waals surface area contributed by atoms with Crippen molar-refractivity contribution in [1.29, 1.82) is 5.26 Å². The fourth-order valence-electron chi connectivity index (χ4n) is 4.89. The molecule has 1 aliphatic rings. The standard InChI is InChI=1S/C26H26ClN7O2S/c1-14(2)9-23-32-19-12-29-18(16-6-3-5-15(11-28)31-16)10-21(19)34(23)20-8-4-7-17(24(20)35)33-25(36)26-30-13-22(27)37-26/h3,5-6,10,12-14,17,20,24,35H,4,7-9H2,1-2H3,(H,33,36)/t17-,20+,24+/m0/s1. The van der Waals surface area contributed by atoms with Gasteiger partial charge >= 0.3 is 0 Å². The zero-order valence-corrected chi connectivity index (χ0v) is 22.0. The first-order valence-electron chi connectivity index (χ1n) is 12.2. The summed E-state index contributed by atoms with van der Waals surface area (Å²) in [7, 11) is 0. The summed E-state index contributed by atoms with van der Waals surface area (Å²) in [6.45, 7) is 4.26. The van der Waals surface area contributed by atoms with Crippen molar-refractivity contribution in [2.24, 2.45) is 5.92 Å². The van der Waals surface area contributed by atoms with Crippen LogP contribution in [-0.4, -0.2) is 47.7 Å². The van der Waals surface area contributed by atoms with Gasteiger partial charge in [-0.1, -0.05) is 42.9 Å². The monoisotopic (exact) mass is 535 g/mol. The van der Waals surface area contributed by atoms with E-state index in [0.717, 1.165) is 47.5 Å². The Kier molecular flexibility index (Phi) is 7.20. The van der Waals surface area contributed by atoms with E-state index < -0.39 is 12.1 Å². The molecule has 3 atom stereocenters. The van der Waals surface area contributed by atoms with Gasteiger partial charge in [0.25, 0.3) is 5.91 Å². The Morgan fingerprint density at radius 2 is 2.11 bits per heavy atom. The third-order valence-electron chi connectivity index (χ3n) is 6.51. The van der Waals surface area contributed by atoms with Crippen molar-refractivity contribution in [2.75, 3.05) is 0 Å². The van der Waals surface area contributed by atoms with Crippen LogP contribution in [-0.2, 0) is 6.42 Å². The number of pyridine rings is 2. The summed E-state index contributed by atoms with van der Waals surface area (Å²) in [5, 5.41) is 24.0. The maximum atomic E-state index is 12.8. The molecule has 0 radical (unpaired) electrons. The van der Waals surface area contributed by atoms with Crippen LogP contribution in [0.2, 0.25) is 4.34 Å². The Morgan fingerprint density at radius 1 is 1.27 bits per heavy atom. The number of nitrogens with one attached hydrogen (secondary N) is 1. The lowest BCUT2D eigenvalue weighted by Crippen LogP contribution is -2.49. The van der Waals surface area contributed by atoms with Gasteiger partial charge < -0.3 is 15.0 Å². The lowest BCUT2D eigenvalue weighted by molar-refractivity contribution is 0.0402. The van der Waals surface area contributed by atoms with E-state index in [1.54, 1.807) is 18.3 Å². The third-order valence-corrected chi connectivity index (χ3v) is 7.62. The highest BCUT2D eigenvalue weighted by Crippen LogP contribution is 2.35. The predicted octanol–water partition coefficient (Wildman–Crippen LogP) is 4.56. The molecule has 0 spiro atoms. The largest absolute Gasteiger partial charge is 0.389 e. The number of halogens is 1. The van der Waals surface area contributed by atoms with Gasteiger partial charge in [0.2, 0.25) is 0 Å². The molecule has 190 valence electrons. The fraction of sp³-hybridized carbons (Fsp3) is 0.385. The summed E-state index contributed by atoms with van der Waals surface area (Å²) < 4.78 is 2.55. The number of imidazole rings is 1. The summed E-state index contributed by atoms with van der Waals surface area (Å²) in [6, 6.07) is 8.51. The molecular formula is C26H26ClN7O2S. The van der Waals surface area contributed by atoms with Crippen molar-refractivity contribution in [3.63, 3.8) is 0 Å². The van der Waals surface area contributed by atoms with Crippen LogP contribution in [0.3, 0.4) is 0 Å². The maximum Gasteiger partial charge on any atom is 0.280 e. The van der Waals surface area contributed by atoms with Crippen molar-refractivity contribution in [3.8, 4) is 17.5 Å². The van der Waals surface area contributed by atoms with E-state index in [9.17, 15) is 15.2 Å². The van der Waals surface area contributed by atoms with Gasteiger partial charge in [0.15, 0.2) is 5.01 Å². The number of nitrogens with zero attached hydrogens (tertiary/aromatic N) is 6. The van der Waals surface area contributed by atoms with Crippen LogP contribution in [0.25, 0.3) is 22.4 Å². The first-order valence-corrected chi connectivity index (χ1v) is 13.4. The van der Waals surface area contributed by atoms with E-state index in [1.807, 2.05) is 12.1 Å². The molecule has 4 heterocycles. The molecule has 4 aromatic heterocycles. The van der Waals surface area contributed by atoms with E-state index in [2.05, 4.69) is 44.8 Å². The van der Waals surface area contributed by atoms with E-state index >= 15 is 0 Å². The number of thiazole rings is 1. The Morgan fingerprint density at radius 3 is 2.84 bits per heavy atom. The molecule has 0 aromatic carbocycles. The highest BCUT2D eigenvalue weighted by Gasteiger charge is 2.36. The molecule has 5 rings (SSSR count). The van der Waals surface area contributed by atoms with Crippen LogP contribution in [0.15, 0.2) is 36.7 Å². The van der Waals surface area contributed by atoms with Gasteiger partial charge in [0, 0.05) is 6.42 Å². The summed E-state index contributed by atoms with van der Waals surface area (Å²) in [5.41, 5.74) is 3.10. The highest BCUT2D eigenvalue weighted by molar-refractivity contribution is 7.17. The Hall–Kier alpha value is -3.39. The van der Waals surface area contributed by atoms with Crippen molar-refractivity contribution in [2.45, 2.75) is 57.7 Å². The molecule has 37 heavy (non-hydrogen) atoms. The second-order valence-electron chi connectivity index (χ2n) is 9.61. The number of carbonyl (C=O) groups is 1. The number of amides is 1. The van der Waals surface area contributed by atoms with Crippen molar-refractivity contribution < 1.29 is 9.90 Å². The van der Waals surface area contributed by atoms with Gasteiger partial charge in [-0.2, -0.15) is 5.26 Å². The molecule has 11 heteroatoms. The molecule has 1 saturated carbocycles. The minimum Gasteiger partial charge on any atom is -0.389 e. The highest BCUT2D eigenvalue weighted by atomic mass is 35.5. The van der Waals surface area contributed by atoms with E-state index in [-0.39, 0.29) is 17.0 Å². The normalized spacial score (nSPS) is 19.7. The lowest BCUT2D eigenvalue weighted by atomic mass is 9.87. The number of hydrogen-bond donors (Lipinski definition) is 2. The summed E-state index contributed by atoms with van der Waals surface area (Å²) in [6.07, 6.45) is 5.29. The zero-order valence-electron chi connectivity index (χ0n) is 20.4. The number of hydrogen-bond acceptors (Lipinski definition) is 8. The van der Waals surface area contributed by atoms with Crippen LogP contribution < -0.4 is 5.32 Å². The molecule has 0 bridgehead atoms. The zero-order chi connectivity index (χ0) is 26.1. The second-order valence-corrected chi connectivity index (χ2v) is 11.3. The molecule has 1 fully saturated rings. The third kappa shape index (κ3) is 5.21. The van der Waals surface area contributed by atoms with Crippen LogP contribution in [0.4, 0.5) is 0 Å². The average Bonchev–Trinajstić information content (AvgIpc) is 3.47. The van der Waals surface area contributed by atoms with Gasteiger partial charge in [-0.25, -0.2) is 15.0 Å². The van der Waals surface area contributed by atoms with Gasteiger partial charge in [-0.15, -0.1) is 0 Å². The van der Waals surface area contributed by atoms with Crippen LogP contribution in [0.5, 0.6) is 0 Å². The van der Waals surface area contributed by atoms with Gasteiger partial charge in [0.05, 0.1) is 47.5 Å². The molecule has 1 amide bonds. The van der Waals surface area contributed by atoms with Crippen molar-refractivity contribution >= 4 is 39.9 Å².